The van der Waals surface area contributed by atoms with E-state index in [-0.39, 0.29) is 0 Å². The van der Waals surface area contributed by atoms with Gasteiger partial charge in [0.05, 0.1) is 14.7 Å². The van der Waals surface area contributed by atoms with E-state index in [9.17, 15) is 8.42 Å². The average Bonchev–Trinajstić information content (AvgIpc) is 3.30. The second-order valence-corrected chi connectivity index (χ2v) is 10.4. The first-order valence-electron chi connectivity index (χ1n) is 9.96. The Hall–Kier alpha value is -3.41. The summed E-state index contributed by atoms with van der Waals surface area (Å²) in [5, 5.41) is 0.809. The summed E-state index contributed by atoms with van der Waals surface area (Å²) in [6.07, 6.45) is 0. The summed E-state index contributed by atoms with van der Waals surface area (Å²) in [6, 6.07) is 33.5. The Kier molecular flexibility index (Phi) is 4.03. The van der Waals surface area contributed by atoms with Gasteiger partial charge in [0.2, 0.25) is 9.84 Å². The highest BCUT2D eigenvalue weighted by atomic mass is 32.2. The molecule has 5 aromatic rings. The SMILES string of the molecule is O=S1(=O)c2cc(N(c3ccccc3)c3ccccc3)ccc2-c2sc3ccccc3c21. The summed E-state index contributed by atoms with van der Waals surface area (Å²) < 4.78 is 28.2. The minimum atomic E-state index is -3.58. The number of rotatable bonds is 3. The van der Waals surface area contributed by atoms with E-state index >= 15 is 0 Å². The number of fused-ring (bicyclic) bond motifs is 5. The number of thiophene rings is 1. The van der Waals surface area contributed by atoms with E-state index in [1.807, 2.05) is 103 Å². The molecule has 0 saturated heterocycles. The Labute approximate surface area is 184 Å². The van der Waals surface area contributed by atoms with Gasteiger partial charge in [-0.05, 0) is 42.5 Å². The van der Waals surface area contributed by atoms with Gasteiger partial charge in [-0.3, -0.25) is 0 Å². The smallest absolute Gasteiger partial charge is 0.209 e. The van der Waals surface area contributed by atoms with Crippen molar-refractivity contribution in [2.24, 2.45) is 0 Å². The highest BCUT2D eigenvalue weighted by molar-refractivity contribution is 7.92. The van der Waals surface area contributed by atoms with Crippen LogP contribution in [0.2, 0.25) is 0 Å². The minimum absolute atomic E-state index is 0.383. The monoisotopic (exact) mass is 439 g/mol. The van der Waals surface area contributed by atoms with Gasteiger partial charge >= 0.3 is 0 Å². The van der Waals surface area contributed by atoms with Crippen molar-refractivity contribution in [1.82, 2.24) is 0 Å². The lowest BCUT2D eigenvalue weighted by molar-refractivity contribution is 0.599. The maximum Gasteiger partial charge on any atom is 0.209 e. The first-order valence-corrected chi connectivity index (χ1v) is 12.3. The lowest BCUT2D eigenvalue weighted by Crippen LogP contribution is -2.10. The fraction of sp³-hybridized carbons (Fsp3) is 0. The molecule has 6 rings (SSSR count). The van der Waals surface area contributed by atoms with Gasteiger partial charge in [0.1, 0.15) is 0 Å². The van der Waals surface area contributed by atoms with Gasteiger partial charge < -0.3 is 4.90 Å². The molecule has 0 aliphatic carbocycles. The van der Waals surface area contributed by atoms with Crippen LogP contribution in [0.25, 0.3) is 20.5 Å². The summed E-state index contributed by atoms with van der Waals surface area (Å²) >= 11 is 1.55. The Morgan fingerprint density at radius 3 is 1.94 bits per heavy atom. The van der Waals surface area contributed by atoms with Crippen LogP contribution in [0.4, 0.5) is 17.1 Å². The molecule has 3 nitrogen and oxygen atoms in total. The van der Waals surface area contributed by atoms with Crippen LogP contribution in [0.5, 0.6) is 0 Å². The molecule has 0 atom stereocenters. The van der Waals surface area contributed by atoms with E-state index in [1.165, 1.54) is 0 Å². The second kappa shape index (κ2) is 6.80. The van der Waals surface area contributed by atoms with E-state index in [0.717, 1.165) is 37.6 Å². The fourth-order valence-electron chi connectivity index (χ4n) is 4.24. The van der Waals surface area contributed by atoms with Gasteiger partial charge in [-0.25, -0.2) is 8.42 Å². The van der Waals surface area contributed by atoms with E-state index < -0.39 is 9.84 Å². The van der Waals surface area contributed by atoms with Crippen LogP contribution in [0, 0.1) is 0 Å². The van der Waals surface area contributed by atoms with Gasteiger partial charge in [-0.2, -0.15) is 0 Å². The molecule has 1 aliphatic rings. The van der Waals surface area contributed by atoms with Crippen LogP contribution in [-0.2, 0) is 9.84 Å². The zero-order chi connectivity index (χ0) is 21.0. The maximum absolute atomic E-state index is 13.6. The normalized spacial score (nSPS) is 13.7. The fourth-order valence-corrected chi connectivity index (χ4v) is 7.73. The van der Waals surface area contributed by atoms with Gasteiger partial charge in [0.15, 0.2) is 0 Å². The summed E-state index contributed by atoms with van der Waals surface area (Å²) in [5.74, 6) is 0. The van der Waals surface area contributed by atoms with Crippen molar-refractivity contribution in [3.8, 4) is 10.4 Å². The quantitative estimate of drug-likeness (QED) is 0.293. The number of hydrogen-bond donors (Lipinski definition) is 0. The van der Waals surface area contributed by atoms with Crippen LogP contribution in [0.1, 0.15) is 0 Å². The molecule has 0 N–H and O–H groups in total. The highest BCUT2D eigenvalue weighted by Crippen LogP contribution is 2.52. The third-order valence-corrected chi connectivity index (χ3v) is 8.82. The molecular formula is C26H17NO2S2. The van der Waals surface area contributed by atoms with Crippen LogP contribution in [0.3, 0.4) is 0 Å². The molecule has 0 fully saturated rings. The van der Waals surface area contributed by atoms with Crippen molar-refractivity contribution in [3.63, 3.8) is 0 Å². The van der Waals surface area contributed by atoms with E-state index in [2.05, 4.69) is 4.90 Å². The maximum atomic E-state index is 13.6. The average molecular weight is 440 g/mol. The molecular weight excluding hydrogens is 422 g/mol. The van der Waals surface area contributed by atoms with Crippen molar-refractivity contribution in [2.45, 2.75) is 9.79 Å². The lowest BCUT2D eigenvalue weighted by atomic mass is 10.1. The number of hydrogen-bond acceptors (Lipinski definition) is 4. The molecule has 0 radical (unpaired) electrons. The van der Waals surface area contributed by atoms with Crippen molar-refractivity contribution >= 4 is 48.3 Å². The third-order valence-electron chi connectivity index (χ3n) is 5.60. The molecule has 0 spiro atoms. The highest BCUT2D eigenvalue weighted by Gasteiger charge is 2.37. The predicted molar refractivity (Wildman–Crippen MR) is 127 cm³/mol. The molecule has 4 aromatic carbocycles. The zero-order valence-corrected chi connectivity index (χ0v) is 18.0. The molecule has 0 bridgehead atoms. The summed E-state index contributed by atoms with van der Waals surface area (Å²) in [4.78, 5) is 3.76. The van der Waals surface area contributed by atoms with Crippen LogP contribution < -0.4 is 4.90 Å². The van der Waals surface area contributed by atoms with Gasteiger partial charge in [0, 0.05) is 32.7 Å². The molecule has 1 aromatic heterocycles. The largest absolute Gasteiger partial charge is 0.310 e. The molecule has 0 saturated carbocycles. The van der Waals surface area contributed by atoms with Crippen molar-refractivity contribution in [1.29, 1.82) is 0 Å². The minimum Gasteiger partial charge on any atom is -0.310 e. The molecule has 2 heterocycles. The van der Waals surface area contributed by atoms with Crippen molar-refractivity contribution < 1.29 is 8.42 Å². The molecule has 5 heteroatoms. The lowest BCUT2D eigenvalue weighted by Gasteiger charge is -2.25. The standard InChI is InChI=1S/C26H17NO2S2/c28-31(29)24-17-20(27(18-9-3-1-4-10-18)19-11-5-2-6-12-19)15-16-22(24)25-26(31)21-13-7-8-14-23(21)30-25/h1-17H. The van der Waals surface area contributed by atoms with Crippen LogP contribution in [0.15, 0.2) is 113 Å². The van der Waals surface area contributed by atoms with Gasteiger partial charge in [-0.15, -0.1) is 11.3 Å². The number of anilines is 3. The van der Waals surface area contributed by atoms with Crippen molar-refractivity contribution in [2.75, 3.05) is 4.90 Å². The molecule has 0 unspecified atom stereocenters. The molecule has 150 valence electrons. The van der Waals surface area contributed by atoms with Gasteiger partial charge in [-0.1, -0.05) is 60.7 Å². The first kappa shape index (κ1) is 18.4. The molecule has 31 heavy (non-hydrogen) atoms. The Bertz CT molecular complexity index is 1500. The van der Waals surface area contributed by atoms with Crippen molar-refractivity contribution in [3.05, 3.63) is 103 Å². The van der Waals surface area contributed by atoms with Crippen LogP contribution >= 0.6 is 11.3 Å². The van der Waals surface area contributed by atoms with E-state index in [0.29, 0.717) is 9.79 Å². The summed E-state index contributed by atoms with van der Waals surface area (Å²) in [6.45, 7) is 0. The Morgan fingerprint density at radius 1 is 0.645 bits per heavy atom. The zero-order valence-electron chi connectivity index (χ0n) is 16.4. The third kappa shape index (κ3) is 2.74. The predicted octanol–water partition coefficient (Wildman–Crippen LogP) is 7.18. The summed E-state index contributed by atoms with van der Waals surface area (Å²) in [7, 11) is -3.58. The Balaban J connectivity index is 1.57. The molecule has 0 amide bonds. The van der Waals surface area contributed by atoms with Gasteiger partial charge in [0.25, 0.3) is 0 Å². The molecule has 1 aliphatic heterocycles. The number of sulfone groups is 1. The topological polar surface area (TPSA) is 37.4 Å². The number of para-hydroxylation sites is 2. The number of nitrogens with zero attached hydrogens (tertiary/aromatic N) is 1. The second-order valence-electron chi connectivity index (χ2n) is 7.45. The van der Waals surface area contributed by atoms with Crippen LogP contribution in [-0.4, -0.2) is 8.42 Å². The van der Waals surface area contributed by atoms with E-state index in [4.69, 9.17) is 0 Å². The number of benzene rings is 4. The summed E-state index contributed by atoms with van der Waals surface area (Å²) in [5.41, 5.74) is 3.56. The van der Waals surface area contributed by atoms with E-state index in [1.54, 1.807) is 11.3 Å². The Morgan fingerprint density at radius 2 is 1.26 bits per heavy atom. The first-order chi connectivity index (χ1) is 15.1.